The van der Waals surface area contributed by atoms with Crippen LogP contribution in [0.1, 0.15) is 97.3 Å². The van der Waals surface area contributed by atoms with Crippen molar-refractivity contribution in [3.8, 4) is 0 Å². The highest BCUT2D eigenvalue weighted by atomic mass is 16.5. The lowest BCUT2D eigenvalue weighted by Gasteiger charge is -2.27. The number of carbonyl (C=O) groups excluding carboxylic acids is 2. The largest absolute Gasteiger partial charge is 0.465 e. The fraction of sp³-hybridized carbons (Fsp3) is 0.840. The molecule has 1 saturated carbocycles. The maximum absolute atomic E-state index is 12.1. The first-order valence-electron chi connectivity index (χ1n) is 12.1. The lowest BCUT2D eigenvalue weighted by Crippen LogP contribution is -2.30. The van der Waals surface area contributed by atoms with Gasteiger partial charge in [-0.2, -0.15) is 0 Å². The van der Waals surface area contributed by atoms with Gasteiger partial charge in [0.1, 0.15) is 0 Å². The maximum atomic E-state index is 12.1. The Kier molecular flexibility index (Phi) is 11.4. The van der Waals surface area contributed by atoms with Gasteiger partial charge in [-0.05, 0) is 31.1 Å². The molecule has 0 aliphatic heterocycles. The summed E-state index contributed by atoms with van der Waals surface area (Å²) < 4.78 is 11.2. The molecule has 2 aliphatic carbocycles. The molecule has 0 spiro atoms. The summed E-state index contributed by atoms with van der Waals surface area (Å²) in [7, 11) is 0. The SMILES string of the molecule is CCCCCCCC(=O)OCC1C2C=CC(C2)C1COC(=O)CCCCCCC. The summed E-state index contributed by atoms with van der Waals surface area (Å²) in [5.74, 6) is 1.38. The van der Waals surface area contributed by atoms with Gasteiger partial charge >= 0.3 is 11.9 Å². The van der Waals surface area contributed by atoms with E-state index >= 15 is 0 Å². The molecule has 1 fully saturated rings. The van der Waals surface area contributed by atoms with Gasteiger partial charge in [0, 0.05) is 24.7 Å². The van der Waals surface area contributed by atoms with E-state index in [2.05, 4.69) is 26.0 Å². The lowest BCUT2D eigenvalue weighted by atomic mass is 9.84. The fourth-order valence-corrected chi connectivity index (χ4v) is 4.79. The standard InChI is InChI=1S/C25H42O4/c1-3-5-7-9-11-13-24(26)28-18-22-20-15-16-21(17-20)23(22)19-29-25(27)14-12-10-8-6-4-2/h15-16,20-23H,3-14,17-19H2,1-2H3. The topological polar surface area (TPSA) is 52.6 Å². The van der Waals surface area contributed by atoms with Crippen LogP contribution in [-0.2, 0) is 19.1 Å². The average Bonchev–Trinajstić information content (AvgIpc) is 3.32. The van der Waals surface area contributed by atoms with Gasteiger partial charge in [-0.3, -0.25) is 9.59 Å². The number of rotatable bonds is 16. The minimum Gasteiger partial charge on any atom is -0.465 e. The van der Waals surface area contributed by atoms with Crippen molar-refractivity contribution in [2.75, 3.05) is 13.2 Å². The van der Waals surface area contributed by atoms with Crippen molar-refractivity contribution in [1.29, 1.82) is 0 Å². The van der Waals surface area contributed by atoms with E-state index in [1.54, 1.807) is 0 Å². The van der Waals surface area contributed by atoms with Crippen LogP contribution < -0.4 is 0 Å². The molecule has 4 nitrogen and oxygen atoms in total. The predicted molar refractivity (Wildman–Crippen MR) is 116 cm³/mol. The van der Waals surface area contributed by atoms with E-state index in [-0.39, 0.29) is 11.9 Å². The summed E-state index contributed by atoms with van der Waals surface area (Å²) in [6.07, 6.45) is 18.1. The molecular formula is C25H42O4. The van der Waals surface area contributed by atoms with Crippen LogP contribution in [0.5, 0.6) is 0 Å². The van der Waals surface area contributed by atoms with Crippen LogP contribution in [-0.4, -0.2) is 25.2 Å². The Balaban J connectivity index is 1.65. The average molecular weight is 407 g/mol. The number of hydrogen-bond donors (Lipinski definition) is 0. The zero-order chi connectivity index (χ0) is 20.9. The highest BCUT2D eigenvalue weighted by Gasteiger charge is 2.45. The van der Waals surface area contributed by atoms with Crippen molar-refractivity contribution in [3.05, 3.63) is 12.2 Å². The molecule has 4 atom stereocenters. The highest BCUT2D eigenvalue weighted by Crippen LogP contribution is 2.48. The third kappa shape index (κ3) is 8.52. The van der Waals surface area contributed by atoms with Crippen molar-refractivity contribution < 1.29 is 19.1 Å². The van der Waals surface area contributed by atoms with E-state index in [4.69, 9.17) is 9.47 Å². The van der Waals surface area contributed by atoms with Crippen LogP contribution >= 0.6 is 0 Å². The third-order valence-corrected chi connectivity index (χ3v) is 6.64. The minimum absolute atomic E-state index is 0.0731. The van der Waals surface area contributed by atoms with Crippen LogP contribution in [0.15, 0.2) is 12.2 Å². The van der Waals surface area contributed by atoms with E-state index in [9.17, 15) is 9.59 Å². The summed E-state index contributed by atoms with van der Waals surface area (Å²) in [4.78, 5) is 24.2. The van der Waals surface area contributed by atoms with E-state index in [1.165, 1.54) is 38.5 Å². The molecule has 0 saturated heterocycles. The quantitative estimate of drug-likeness (QED) is 0.173. The molecule has 29 heavy (non-hydrogen) atoms. The van der Waals surface area contributed by atoms with Gasteiger partial charge in [-0.25, -0.2) is 0 Å². The van der Waals surface area contributed by atoms with Crippen molar-refractivity contribution in [2.24, 2.45) is 23.7 Å². The van der Waals surface area contributed by atoms with Crippen molar-refractivity contribution in [3.63, 3.8) is 0 Å². The molecule has 0 N–H and O–H groups in total. The number of unbranched alkanes of at least 4 members (excludes halogenated alkanes) is 8. The van der Waals surface area contributed by atoms with Crippen molar-refractivity contribution >= 4 is 11.9 Å². The Morgan fingerprint density at radius 1 is 0.690 bits per heavy atom. The van der Waals surface area contributed by atoms with Gasteiger partial charge in [0.25, 0.3) is 0 Å². The Hall–Kier alpha value is -1.32. The van der Waals surface area contributed by atoms with Gasteiger partial charge in [-0.15, -0.1) is 0 Å². The molecule has 4 heteroatoms. The molecule has 0 heterocycles. The van der Waals surface area contributed by atoms with Gasteiger partial charge in [0.2, 0.25) is 0 Å². The fourth-order valence-electron chi connectivity index (χ4n) is 4.79. The second kappa shape index (κ2) is 13.8. The Bertz CT molecular complexity index is 469. The van der Waals surface area contributed by atoms with E-state index in [1.807, 2.05) is 0 Å². The Morgan fingerprint density at radius 2 is 1.10 bits per heavy atom. The molecule has 2 bridgehead atoms. The Morgan fingerprint density at radius 3 is 1.52 bits per heavy atom. The third-order valence-electron chi connectivity index (χ3n) is 6.64. The summed E-state index contributed by atoms with van der Waals surface area (Å²) >= 11 is 0. The molecule has 2 aliphatic rings. The molecule has 4 unspecified atom stereocenters. The number of allylic oxidation sites excluding steroid dienone is 2. The summed E-state index contributed by atoms with van der Waals surface area (Å²) in [6.45, 7) is 5.33. The smallest absolute Gasteiger partial charge is 0.305 e. The number of esters is 2. The van der Waals surface area contributed by atoms with Crippen LogP contribution in [0.2, 0.25) is 0 Å². The molecule has 0 aromatic rings. The number of ether oxygens (including phenoxy) is 2. The molecule has 0 amide bonds. The van der Waals surface area contributed by atoms with E-state index in [0.717, 1.165) is 32.1 Å². The summed E-state index contributed by atoms with van der Waals surface area (Å²) in [5.41, 5.74) is 0. The number of carbonyl (C=O) groups is 2. The zero-order valence-corrected chi connectivity index (χ0v) is 18.7. The molecule has 2 rings (SSSR count). The first kappa shape index (κ1) is 24.0. The minimum atomic E-state index is -0.0731. The molecule has 0 aromatic heterocycles. The van der Waals surface area contributed by atoms with Gasteiger partial charge in [0.15, 0.2) is 0 Å². The second-order valence-corrected chi connectivity index (χ2v) is 8.97. The van der Waals surface area contributed by atoms with Crippen LogP contribution in [0.25, 0.3) is 0 Å². The second-order valence-electron chi connectivity index (χ2n) is 8.97. The predicted octanol–water partition coefficient (Wildman–Crippen LogP) is 6.23. The maximum Gasteiger partial charge on any atom is 0.305 e. The van der Waals surface area contributed by atoms with Crippen LogP contribution in [0, 0.1) is 23.7 Å². The Labute approximate surface area is 177 Å². The normalized spacial score (nSPS) is 24.8. The summed E-state index contributed by atoms with van der Waals surface area (Å²) in [6, 6.07) is 0. The first-order chi connectivity index (χ1) is 14.2. The number of hydrogen-bond acceptors (Lipinski definition) is 4. The number of fused-ring (bicyclic) bond motifs is 2. The first-order valence-corrected chi connectivity index (χ1v) is 12.1. The van der Waals surface area contributed by atoms with Gasteiger partial charge in [0.05, 0.1) is 13.2 Å². The van der Waals surface area contributed by atoms with Gasteiger partial charge < -0.3 is 9.47 Å². The molecule has 0 radical (unpaired) electrons. The van der Waals surface area contributed by atoms with Crippen molar-refractivity contribution in [2.45, 2.75) is 97.3 Å². The molecule has 166 valence electrons. The van der Waals surface area contributed by atoms with Crippen LogP contribution in [0.4, 0.5) is 0 Å². The zero-order valence-electron chi connectivity index (χ0n) is 18.7. The van der Waals surface area contributed by atoms with E-state index < -0.39 is 0 Å². The highest BCUT2D eigenvalue weighted by molar-refractivity contribution is 5.69. The lowest BCUT2D eigenvalue weighted by molar-refractivity contribution is -0.150. The summed E-state index contributed by atoms with van der Waals surface area (Å²) in [5, 5.41) is 0. The molecular weight excluding hydrogens is 364 g/mol. The van der Waals surface area contributed by atoms with E-state index in [0.29, 0.717) is 49.7 Å². The van der Waals surface area contributed by atoms with Gasteiger partial charge in [-0.1, -0.05) is 77.4 Å². The van der Waals surface area contributed by atoms with Crippen LogP contribution in [0.3, 0.4) is 0 Å². The molecule has 0 aromatic carbocycles. The van der Waals surface area contributed by atoms with Crippen molar-refractivity contribution in [1.82, 2.24) is 0 Å². The monoisotopic (exact) mass is 406 g/mol.